The quantitative estimate of drug-likeness (QED) is 0.891. The van der Waals surface area contributed by atoms with Crippen molar-refractivity contribution in [1.82, 2.24) is 5.32 Å². The van der Waals surface area contributed by atoms with Crippen LogP contribution in [0.5, 0.6) is 5.75 Å². The van der Waals surface area contributed by atoms with E-state index in [0.717, 1.165) is 12.8 Å². The van der Waals surface area contributed by atoms with Crippen LogP contribution in [0.2, 0.25) is 0 Å². The topological polar surface area (TPSA) is 58.6 Å². The Kier molecular flexibility index (Phi) is 3.78. The van der Waals surface area contributed by atoms with Crippen molar-refractivity contribution in [3.05, 3.63) is 29.8 Å². The molecule has 2 rings (SSSR count). The van der Waals surface area contributed by atoms with Gasteiger partial charge in [0.15, 0.2) is 0 Å². The summed E-state index contributed by atoms with van der Waals surface area (Å²) in [5.74, 6) is -0.494. The van der Waals surface area contributed by atoms with Gasteiger partial charge in [0.1, 0.15) is 17.4 Å². The maximum atomic E-state index is 11.2. The molecule has 0 unspecified atom stereocenters. The predicted octanol–water partition coefficient (Wildman–Crippen LogP) is 3.07. The average Bonchev–Trinajstić information content (AvgIpc) is 2.24. The van der Waals surface area contributed by atoms with E-state index in [4.69, 9.17) is 4.74 Å². The second kappa shape index (κ2) is 5.09. The standard InChI is InChI=1S/C16H23NO3/c1-15(2)9-11(10-16(3,4)17-15)20-13-8-6-5-7-12(13)14(18)19/h5-8,11,17H,9-10H2,1-4H3,(H,18,19). The monoisotopic (exact) mass is 277 g/mol. The van der Waals surface area contributed by atoms with Gasteiger partial charge in [0, 0.05) is 23.9 Å². The van der Waals surface area contributed by atoms with Gasteiger partial charge in [0.05, 0.1) is 0 Å². The Morgan fingerprint density at radius 2 is 1.75 bits per heavy atom. The van der Waals surface area contributed by atoms with E-state index in [2.05, 4.69) is 33.0 Å². The second-order valence-corrected chi connectivity index (χ2v) is 6.84. The van der Waals surface area contributed by atoms with E-state index < -0.39 is 5.97 Å². The summed E-state index contributed by atoms with van der Waals surface area (Å²) >= 11 is 0. The third kappa shape index (κ3) is 3.51. The SMILES string of the molecule is CC1(C)CC(Oc2ccccc2C(=O)O)CC(C)(C)N1. The minimum Gasteiger partial charge on any atom is -0.489 e. The number of benzene rings is 1. The number of carboxylic acid groups (broad SMARTS) is 1. The molecule has 20 heavy (non-hydrogen) atoms. The number of piperidine rings is 1. The molecule has 1 fully saturated rings. The van der Waals surface area contributed by atoms with Crippen LogP contribution in [0.15, 0.2) is 24.3 Å². The normalized spacial score (nSPS) is 21.4. The van der Waals surface area contributed by atoms with Crippen molar-refractivity contribution < 1.29 is 14.6 Å². The van der Waals surface area contributed by atoms with Crippen molar-refractivity contribution in [2.45, 2.75) is 57.7 Å². The van der Waals surface area contributed by atoms with Gasteiger partial charge in [-0.1, -0.05) is 12.1 Å². The Hall–Kier alpha value is -1.55. The Morgan fingerprint density at radius 3 is 2.30 bits per heavy atom. The first kappa shape index (κ1) is 14.9. The molecule has 110 valence electrons. The summed E-state index contributed by atoms with van der Waals surface area (Å²) in [5, 5.41) is 12.8. The number of para-hydroxylation sites is 1. The number of rotatable bonds is 3. The lowest BCUT2D eigenvalue weighted by molar-refractivity contribution is 0.0531. The van der Waals surface area contributed by atoms with Crippen molar-refractivity contribution in [3.8, 4) is 5.75 Å². The largest absolute Gasteiger partial charge is 0.489 e. The summed E-state index contributed by atoms with van der Waals surface area (Å²) in [5.41, 5.74) is 0.177. The summed E-state index contributed by atoms with van der Waals surface area (Å²) in [6, 6.07) is 6.83. The number of carbonyl (C=O) groups is 1. The smallest absolute Gasteiger partial charge is 0.339 e. The first-order valence-corrected chi connectivity index (χ1v) is 6.97. The number of nitrogens with one attached hydrogen (secondary N) is 1. The van der Waals surface area contributed by atoms with Gasteiger partial charge >= 0.3 is 5.97 Å². The van der Waals surface area contributed by atoms with Crippen LogP contribution in [0.3, 0.4) is 0 Å². The van der Waals surface area contributed by atoms with Crippen LogP contribution in [0, 0.1) is 0 Å². The molecule has 0 spiro atoms. The third-order valence-electron chi connectivity index (χ3n) is 3.56. The molecule has 0 radical (unpaired) electrons. The Balaban J connectivity index is 2.20. The molecule has 0 aromatic heterocycles. The predicted molar refractivity (Wildman–Crippen MR) is 78.3 cm³/mol. The van der Waals surface area contributed by atoms with Gasteiger partial charge in [-0.2, -0.15) is 0 Å². The zero-order chi connectivity index (χ0) is 15.0. The lowest BCUT2D eigenvalue weighted by Gasteiger charge is -2.46. The maximum Gasteiger partial charge on any atom is 0.339 e. The van der Waals surface area contributed by atoms with E-state index in [1.54, 1.807) is 24.3 Å². The van der Waals surface area contributed by atoms with E-state index in [1.807, 2.05) is 0 Å². The number of ether oxygens (including phenoxy) is 1. The van der Waals surface area contributed by atoms with Crippen LogP contribution in [0.25, 0.3) is 0 Å². The van der Waals surface area contributed by atoms with Crippen LogP contribution < -0.4 is 10.1 Å². The Morgan fingerprint density at radius 1 is 1.20 bits per heavy atom. The lowest BCUT2D eigenvalue weighted by Crippen LogP contribution is -2.60. The van der Waals surface area contributed by atoms with Crippen molar-refractivity contribution in [3.63, 3.8) is 0 Å². The minimum absolute atomic E-state index is 0.0155. The molecule has 0 saturated carbocycles. The van der Waals surface area contributed by atoms with Crippen molar-refractivity contribution in [1.29, 1.82) is 0 Å². The average molecular weight is 277 g/mol. The summed E-state index contributed by atoms with van der Waals surface area (Å²) < 4.78 is 6.00. The summed E-state index contributed by atoms with van der Waals surface area (Å²) in [7, 11) is 0. The van der Waals surface area contributed by atoms with Crippen LogP contribution in [-0.2, 0) is 0 Å². The van der Waals surface area contributed by atoms with Crippen molar-refractivity contribution >= 4 is 5.97 Å². The molecule has 0 atom stereocenters. The molecular formula is C16H23NO3. The molecule has 2 N–H and O–H groups in total. The summed E-state index contributed by atoms with van der Waals surface area (Å²) in [4.78, 5) is 11.2. The molecule has 4 nitrogen and oxygen atoms in total. The van der Waals surface area contributed by atoms with Crippen LogP contribution in [-0.4, -0.2) is 28.3 Å². The van der Waals surface area contributed by atoms with E-state index in [-0.39, 0.29) is 22.7 Å². The van der Waals surface area contributed by atoms with Crippen LogP contribution in [0.1, 0.15) is 50.9 Å². The molecule has 1 aliphatic heterocycles. The van der Waals surface area contributed by atoms with Crippen molar-refractivity contribution in [2.24, 2.45) is 0 Å². The first-order valence-electron chi connectivity index (χ1n) is 6.97. The van der Waals surface area contributed by atoms with Crippen LogP contribution >= 0.6 is 0 Å². The van der Waals surface area contributed by atoms with E-state index in [9.17, 15) is 9.90 Å². The zero-order valence-corrected chi connectivity index (χ0v) is 12.6. The molecule has 1 aliphatic rings. The fourth-order valence-corrected chi connectivity index (χ4v) is 3.24. The highest BCUT2D eigenvalue weighted by Crippen LogP contribution is 2.32. The second-order valence-electron chi connectivity index (χ2n) is 6.84. The minimum atomic E-state index is -0.951. The zero-order valence-electron chi connectivity index (χ0n) is 12.6. The van der Waals surface area contributed by atoms with Gasteiger partial charge in [-0.25, -0.2) is 4.79 Å². The van der Waals surface area contributed by atoms with Gasteiger partial charge in [-0.15, -0.1) is 0 Å². The van der Waals surface area contributed by atoms with Crippen LogP contribution in [0.4, 0.5) is 0 Å². The molecular weight excluding hydrogens is 254 g/mol. The number of carboxylic acids is 1. The molecule has 0 bridgehead atoms. The fraction of sp³-hybridized carbons (Fsp3) is 0.562. The third-order valence-corrected chi connectivity index (χ3v) is 3.56. The lowest BCUT2D eigenvalue weighted by atomic mass is 9.81. The Bertz CT molecular complexity index is 492. The molecule has 1 aromatic carbocycles. The van der Waals surface area contributed by atoms with Gasteiger partial charge in [-0.05, 0) is 39.8 Å². The molecule has 0 amide bonds. The van der Waals surface area contributed by atoms with Gasteiger partial charge in [0.25, 0.3) is 0 Å². The van der Waals surface area contributed by atoms with E-state index >= 15 is 0 Å². The molecule has 0 aliphatic carbocycles. The van der Waals surface area contributed by atoms with Gasteiger partial charge in [0.2, 0.25) is 0 Å². The molecule has 1 heterocycles. The Labute approximate surface area is 120 Å². The number of hydrogen-bond acceptors (Lipinski definition) is 3. The summed E-state index contributed by atoms with van der Waals surface area (Å²) in [6.07, 6.45) is 1.72. The number of aromatic carboxylic acids is 1. The van der Waals surface area contributed by atoms with E-state index in [1.165, 1.54) is 0 Å². The van der Waals surface area contributed by atoms with E-state index in [0.29, 0.717) is 5.75 Å². The maximum absolute atomic E-state index is 11.2. The van der Waals surface area contributed by atoms with Gasteiger partial charge < -0.3 is 15.2 Å². The molecule has 4 heteroatoms. The first-order chi connectivity index (χ1) is 9.19. The highest BCUT2D eigenvalue weighted by molar-refractivity contribution is 5.90. The van der Waals surface area contributed by atoms with Gasteiger partial charge in [-0.3, -0.25) is 0 Å². The fourth-order valence-electron chi connectivity index (χ4n) is 3.24. The number of hydrogen-bond donors (Lipinski definition) is 2. The molecule has 1 saturated heterocycles. The highest BCUT2D eigenvalue weighted by Gasteiger charge is 2.39. The van der Waals surface area contributed by atoms with Crippen molar-refractivity contribution in [2.75, 3.05) is 0 Å². The highest BCUT2D eigenvalue weighted by atomic mass is 16.5. The molecule has 1 aromatic rings. The summed E-state index contributed by atoms with van der Waals surface area (Å²) in [6.45, 7) is 8.58.